The standard InChI is InChI=1S/C14H17NO4/c1-8-13(14(18)19)11-6-9(2-3-12(11)15-8)10(7-17)4-5-16/h2-3,6,10,15-17H,4-5,7H2,1H3,(H,18,19). The Kier molecular flexibility index (Phi) is 3.87. The Labute approximate surface area is 110 Å². The smallest absolute Gasteiger partial charge is 0.338 e. The Bertz CT molecular complexity index is 603. The molecular weight excluding hydrogens is 246 g/mol. The number of rotatable bonds is 5. The number of fused-ring (bicyclic) bond motifs is 1. The van der Waals surface area contributed by atoms with Crippen LogP contribution in [-0.2, 0) is 0 Å². The van der Waals surface area contributed by atoms with Gasteiger partial charge < -0.3 is 20.3 Å². The summed E-state index contributed by atoms with van der Waals surface area (Å²) in [5.41, 5.74) is 2.48. The van der Waals surface area contributed by atoms with E-state index in [1.54, 1.807) is 13.0 Å². The molecule has 5 heteroatoms. The van der Waals surface area contributed by atoms with E-state index in [9.17, 15) is 15.0 Å². The highest BCUT2D eigenvalue weighted by atomic mass is 16.4. The van der Waals surface area contributed by atoms with E-state index < -0.39 is 5.97 Å². The average Bonchev–Trinajstić information content (AvgIpc) is 2.70. The lowest BCUT2D eigenvalue weighted by molar-refractivity contribution is 0.0698. The molecule has 0 spiro atoms. The maximum atomic E-state index is 11.3. The highest BCUT2D eigenvalue weighted by Gasteiger charge is 2.17. The molecule has 4 N–H and O–H groups in total. The van der Waals surface area contributed by atoms with E-state index in [-0.39, 0.29) is 24.7 Å². The molecule has 2 aromatic rings. The number of aliphatic hydroxyl groups is 2. The molecule has 0 amide bonds. The van der Waals surface area contributed by atoms with Gasteiger partial charge in [-0.15, -0.1) is 0 Å². The third-order valence-electron chi connectivity index (χ3n) is 3.39. The molecular formula is C14H17NO4. The number of aromatic carboxylic acids is 1. The number of carboxylic acids is 1. The van der Waals surface area contributed by atoms with Crippen LogP contribution in [0.15, 0.2) is 18.2 Å². The van der Waals surface area contributed by atoms with Crippen molar-refractivity contribution in [2.75, 3.05) is 13.2 Å². The Morgan fingerprint density at radius 2 is 2.11 bits per heavy atom. The van der Waals surface area contributed by atoms with E-state index in [2.05, 4.69) is 4.98 Å². The van der Waals surface area contributed by atoms with E-state index in [4.69, 9.17) is 5.11 Å². The molecule has 0 aliphatic carbocycles. The lowest BCUT2D eigenvalue weighted by atomic mass is 9.95. The fourth-order valence-corrected chi connectivity index (χ4v) is 2.39. The number of aliphatic hydroxyl groups excluding tert-OH is 2. The molecule has 2 rings (SSSR count). The lowest BCUT2D eigenvalue weighted by Gasteiger charge is -2.13. The number of carboxylic acid groups (broad SMARTS) is 1. The third-order valence-corrected chi connectivity index (χ3v) is 3.39. The van der Waals surface area contributed by atoms with Crippen LogP contribution in [0.5, 0.6) is 0 Å². The molecule has 1 aromatic heterocycles. The molecule has 0 bridgehead atoms. The molecule has 0 radical (unpaired) electrons. The number of aromatic amines is 1. The van der Waals surface area contributed by atoms with Gasteiger partial charge in [-0.2, -0.15) is 0 Å². The van der Waals surface area contributed by atoms with E-state index in [1.165, 1.54) is 0 Å². The minimum Gasteiger partial charge on any atom is -0.478 e. The number of benzene rings is 1. The van der Waals surface area contributed by atoms with Crippen LogP contribution in [0.1, 0.15) is 34.0 Å². The van der Waals surface area contributed by atoms with Gasteiger partial charge in [-0.3, -0.25) is 0 Å². The molecule has 1 atom stereocenters. The van der Waals surface area contributed by atoms with Crippen LogP contribution in [-0.4, -0.2) is 39.5 Å². The van der Waals surface area contributed by atoms with Gasteiger partial charge in [0, 0.05) is 29.1 Å². The zero-order valence-electron chi connectivity index (χ0n) is 10.7. The quantitative estimate of drug-likeness (QED) is 0.659. The van der Waals surface area contributed by atoms with Gasteiger partial charge in [0.15, 0.2) is 0 Å². The summed E-state index contributed by atoms with van der Waals surface area (Å²) in [5, 5.41) is 28.2. The molecule has 5 nitrogen and oxygen atoms in total. The van der Waals surface area contributed by atoms with E-state index >= 15 is 0 Å². The number of hydrogen-bond acceptors (Lipinski definition) is 3. The van der Waals surface area contributed by atoms with Crippen LogP contribution in [0.4, 0.5) is 0 Å². The Morgan fingerprint density at radius 1 is 1.37 bits per heavy atom. The first-order valence-electron chi connectivity index (χ1n) is 6.15. The normalized spacial score (nSPS) is 12.8. The topological polar surface area (TPSA) is 93.5 Å². The molecule has 0 fully saturated rings. The zero-order chi connectivity index (χ0) is 14.0. The van der Waals surface area contributed by atoms with Gasteiger partial charge in [0.05, 0.1) is 12.2 Å². The van der Waals surface area contributed by atoms with Crippen molar-refractivity contribution in [2.45, 2.75) is 19.3 Å². The van der Waals surface area contributed by atoms with Crippen molar-refractivity contribution < 1.29 is 20.1 Å². The molecule has 0 aliphatic rings. The van der Waals surface area contributed by atoms with Crippen LogP contribution in [0.2, 0.25) is 0 Å². The van der Waals surface area contributed by atoms with E-state index in [1.807, 2.05) is 12.1 Å². The molecule has 0 saturated carbocycles. The Balaban J connectivity index is 2.55. The van der Waals surface area contributed by atoms with Gasteiger partial charge in [-0.05, 0) is 31.0 Å². The van der Waals surface area contributed by atoms with Crippen molar-refractivity contribution in [1.82, 2.24) is 4.98 Å². The van der Waals surface area contributed by atoms with Gasteiger partial charge in [-0.25, -0.2) is 4.79 Å². The zero-order valence-corrected chi connectivity index (χ0v) is 10.7. The number of hydrogen-bond donors (Lipinski definition) is 4. The monoisotopic (exact) mass is 263 g/mol. The summed E-state index contributed by atoms with van der Waals surface area (Å²) in [6.07, 6.45) is 0.452. The number of aryl methyl sites for hydroxylation is 1. The first-order chi connectivity index (χ1) is 9.08. The molecule has 1 unspecified atom stereocenters. The molecule has 0 saturated heterocycles. The number of nitrogens with one attached hydrogen (secondary N) is 1. The number of H-pyrrole nitrogens is 1. The number of carbonyl (C=O) groups is 1. The fraction of sp³-hybridized carbons (Fsp3) is 0.357. The lowest BCUT2D eigenvalue weighted by Crippen LogP contribution is -2.06. The van der Waals surface area contributed by atoms with E-state index in [0.29, 0.717) is 17.5 Å². The Hall–Kier alpha value is -1.85. The maximum Gasteiger partial charge on any atom is 0.338 e. The fourth-order valence-electron chi connectivity index (χ4n) is 2.39. The molecule has 1 aromatic carbocycles. The first-order valence-corrected chi connectivity index (χ1v) is 6.15. The van der Waals surface area contributed by atoms with E-state index in [0.717, 1.165) is 11.1 Å². The van der Waals surface area contributed by atoms with Crippen molar-refractivity contribution in [1.29, 1.82) is 0 Å². The largest absolute Gasteiger partial charge is 0.478 e. The summed E-state index contributed by atoms with van der Waals surface area (Å²) in [4.78, 5) is 14.3. The van der Waals surface area contributed by atoms with Gasteiger partial charge >= 0.3 is 5.97 Å². The van der Waals surface area contributed by atoms with Gasteiger partial charge in [0.25, 0.3) is 0 Å². The number of aromatic nitrogens is 1. The van der Waals surface area contributed by atoms with Crippen molar-refractivity contribution in [3.8, 4) is 0 Å². The van der Waals surface area contributed by atoms with Crippen LogP contribution in [0, 0.1) is 6.92 Å². The van der Waals surface area contributed by atoms with Crippen LogP contribution in [0.25, 0.3) is 10.9 Å². The SMILES string of the molecule is Cc1[nH]c2ccc(C(CO)CCO)cc2c1C(=O)O. The van der Waals surface area contributed by atoms with Gasteiger partial charge in [-0.1, -0.05) is 6.07 Å². The minimum absolute atomic E-state index is 0.0127. The minimum atomic E-state index is -0.969. The summed E-state index contributed by atoms with van der Waals surface area (Å²) in [6.45, 7) is 1.64. The summed E-state index contributed by atoms with van der Waals surface area (Å²) in [7, 11) is 0. The molecule has 102 valence electrons. The van der Waals surface area contributed by atoms with Crippen LogP contribution < -0.4 is 0 Å². The average molecular weight is 263 g/mol. The summed E-state index contributed by atoms with van der Waals surface area (Å²) in [6, 6.07) is 5.43. The summed E-state index contributed by atoms with van der Waals surface area (Å²) >= 11 is 0. The van der Waals surface area contributed by atoms with Crippen LogP contribution >= 0.6 is 0 Å². The second-order valence-electron chi connectivity index (χ2n) is 4.63. The van der Waals surface area contributed by atoms with Crippen molar-refractivity contribution >= 4 is 16.9 Å². The predicted molar refractivity (Wildman–Crippen MR) is 71.5 cm³/mol. The third kappa shape index (κ3) is 2.47. The second-order valence-corrected chi connectivity index (χ2v) is 4.63. The second kappa shape index (κ2) is 5.42. The predicted octanol–water partition coefficient (Wildman–Crippen LogP) is 1.63. The molecule has 0 aliphatic heterocycles. The van der Waals surface area contributed by atoms with Gasteiger partial charge in [0.1, 0.15) is 0 Å². The highest BCUT2D eigenvalue weighted by molar-refractivity contribution is 6.04. The Morgan fingerprint density at radius 3 is 2.68 bits per heavy atom. The first kappa shape index (κ1) is 13.6. The van der Waals surface area contributed by atoms with Crippen molar-refractivity contribution in [3.63, 3.8) is 0 Å². The molecule has 19 heavy (non-hydrogen) atoms. The highest BCUT2D eigenvalue weighted by Crippen LogP contribution is 2.27. The van der Waals surface area contributed by atoms with Crippen molar-refractivity contribution in [3.05, 3.63) is 35.0 Å². The summed E-state index contributed by atoms with van der Waals surface area (Å²) < 4.78 is 0. The summed E-state index contributed by atoms with van der Waals surface area (Å²) in [5.74, 6) is -1.14. The van der Waals surface area contributed by atoms with Crippen molar-refractivity contribution in [2.24, 2.45) is 0 Å². The maximum absolute atomic E-state index is 11.3. The molecule has 1 heterocycles. The van der Waals surface area contributed by atoms with Gasteiger partial charge in [0.2, 0.25) is 0 Å². The van der Waals surface area contributed by atoms with Crippen LogP contribution in [0.3, 0.4) is 0 Å².